The third-order valence-corrected chi connectivity index (χ3v) is 4.07. The molecule has 0 spiro atoms. The number of nitriles is 1. The Kier molecular flexibility index (Phi) is 2.79. The number of hydrogen-bond donors (Lipinski definition) is 0. The highest BCUT2D eigenvalue weighted by Gasteiger charge is 2.47. The molecule has 4 heteroatoms. The molecule has 0 N–H and O–H groups in total. The van der Waals surface area contributed by atoms with Crippen LogP contribution >= 0.6 is 0 Å². The Morgan fingerprint density at radius 1 is 1.29 bits per heavy atom. The maximum atomic E-state index is 12.5. The predicted octanol–water partition coefficient (Wildman–Crippen LogP) is 1.17. The average molecular weight is 234 g/mol. The summed E-state index contributed by atoms with van der Waals surface area (Å²) < 4.78 is 5.28. The summed E-state index contributed by atoms with van der Waals surface area (Å²) in [6, 6.07) is 2.10. The normalized spacial score (nSPS) is 29.2. The highest BCUT2D eigenvalue weighted by Crippen LogP contribution is 2.49. The Labute approximate surface area is 102 Å². The number of carbonyl (C=O) groups is 1. The van der Waals surface area contributed by atoms with Crippen molar-refractivity contribution in [2.75, 3.05) is 19.7 Å². The monoisotopic (exact) mass is 234 g/mol. The van der Waals surface area contributed by atoms with Gasteiger partial charge in [-0.3, -0.25) is 4.79 Å². The van der Waals surface area contributed by atoms with Crippen LogP contribution in [0.1, 0.15) is 25.7 Å². The van der Waals surface area contributed by atoms with Crippen LogP contribution in [0, 0.1) is 29.1 Å². The van der Waals surface area contributed by atoms with E-state index in [1.165, 1.54) is 25.7 Å². The molecule has 1 atom stereocenters. The first kappa shape index (κ1) is 11.0. The first-order valence-corrected chi connectivity index (χ1v) is 6.59. The van der Waals surface area contributed by atoms with Gasteiger partial charge in [0.15, 0.2) is 6.10 Å². The number of nitrogens with zero attached hydrogens (tertiary/aromatic N) is 2. The molecular weight excluding hydrogens is 216 g/mol. The summed E-state index contributed by atoms with van der Waals surface area (Å²) in [7, 11) is 0. The molecule has 3 aliphatic rings. The maximum Gasteiger partial charge on any atom is 0.226 e. The van der Waals surface area contributed by atoms with E-state index in [2.05, 4.69) is 6.07 Å². The van der Waals surface area contributed by atoms with Crippen LogP contribution in [0.3, 0.4) is 0 Å². The Morgan fingerprint density at radius 3 is 2.47 bits per heavy atom. The largest absolute Gasteiger partial charge is 0.360 e. The van der Waals surface area contributed by atoms with E-state index in [1.54, 1.807) is 0 Å². The van der Waals surface area contributed by atoms with E-state index in [1.807, 2.05) is 4.90 Å². The van der Waals surface area contributed by atoms with E-state index in [4.69, 9.17) is 10.00 Å². The SMILES string of the molecule is N#C[C@@H]1CN(C(=O)C(C2CC2)C2CC2)CCO1. The van der Waals surface area contributed by atoms with Crippen LogP contribution in [0.4, 0.5) is 0 Å². The van der Waals surface area contributed by atoms with Crippen molar-refractivity contribution < 1.29 is 9.53 Å². The lowest BCUT2D eigenvalue weighted by molar-refractivity contribution is -0.142. The van der Waals surface area contributed by atoms with E-state index < -0.39 is 6.10 Å². The molecular formula is C13H18N2O2. The van der Waals surface area contributed by atoms with Gasteiger partial charge >= 0.3 is 0 Å². The van der Waals surface area contributed by atoms with Crippen molar-refractivity contribution in [1.29, 1.82) is 5.26 Å². The molecule has 3 fully saturated rings. The molecule has 1 aliphatic heterocycles. The summed E-state index contributed by atoms with van der Waals surface area (Å²) in [6.07, 6.45) is 4.46. The van der Waals surface area contributed by atoms with Crippen LogP contribution in [0.15, 0.2) is 0 Å². The summed E-state index contributed by atoms with van der Waals surface area (Å²) in [5.74, 6) is 1.82. The Bertz CT molecular complexity index is 343. The molecule has 1 amide bonds. The standard InChI is InChI=1S/C13H18N2O2/c14-7-11-8-15(5-6-17-11)13(16)12(9-1-2-9)10-3-4-10/h9-12H,1-6,8H2/t11-/m1/s1. The topological polar surface area (TPSA) is 53.3 Å². The third-order valence-electron chi connectivity index (χ3n) is 4.07. The zero-order valence-electron chi connectivity index (χ0n) is 9.97. The van der Waals surface area contributed by atoms with Crippen molar-refractivity contribution in [3.05, 3.63) is 0 Å². The number of hydrogen-bond acceptors (Lipinski definition) is 3. The van der Waals surface area contributed by atoms with Crippen LogP contribution in [0.2, 0.25) is 0 Å². The Morgan fingerprint density at radius 2 is 1.94 bits per heavy atom. The number of rotatable bonds is 3. The van der Waals surface area contributed by atoms with Crippen molar-refractivity contribution >= 4 is 5.91 Å². The minimum absolute atomic E-state index is 0.257. The van der Waals surface area contributed by atoms with Gasteiger partial charge in [0, 0.05) is 12.5 Å². The first-order valence-electron chi connectivity index (χ1n) is 6.59. The molecule has 3 rings (SSSR count). The van der Waals surface area contributed by atoms with Crippen molar-refractivity contribution in [2.45, 2.75) is 31.8 Å². The van der Waals surface area contributed by atoms with Crippen LogP contribution < -0.4 is 0 Å². The Balaban J connectivity index is 1.65. The predicted molar refractivity (Wildman–Crippen MR) is 60.9 cm³/mol. The quantitative estimate of drug-likeness (QED) is 0.736. The number of ether oxygens (including phenoxy) is 1. The smallest absolute Gasteiger partial charge is 0.226 e. The lowest BCUT2D eigenvalue weighted by Gasteiger charge is -2.32. The summed E-state index contributed by atoms with van der Waals surface area (Å²) >= 11 is 0. The van der Waals surface area contributed by atoms with Gasteiger partial charge in [0.2, 0.25) is 5.91 Å². The van der Waals surface area contributed by atoms with Gasteiger partial charge in [0.1, 0.15) is 0 Å². The molecule has 2 saturated carbocycles. The summed E-state index contributed by atoms with van der Waals surface area (Å²) in [5, 5.41) is 8.86. The fraction of sp³-hybridized carbons (Fsp3) is 0.846. The third kappa shape index (κ3) is 2.30. The van der Waals surface area contributed by atoms with Gasteiger partial charge in [0.05, 0.1) is 19.2 Å². The van der Waals surface area contributed by atoms with E-state index in [0.29, 0.717) is 37.4 Å². The van der Waals surface area contributed by atoms with Gasteiger partial charge in [-0.05, 0) is 37.5 Å². The lowest BCUT2D eigenvalue weighted by atomic mass is 9.96. The zero-order valence-corrected chi connectivity index (χ0v) is 9.97. The van der Waals surface area contributed by atoms with Crippen LogP contribution in [0.5, 0.6) is 0 Å². The molecule has 0 bridgehead atoms. The molecule has 0 unspecified atom stereocenters. The number of morpholine rings is 1. The fourth-order valence-electron chi connectivity index (χ4n) is 2.84. The number of amides is 1. The molecule has 1 heterocycles. The van der Waals surface area contributed by atoms with Gasteiger partial charge in [-0.25, -0.2) is 0 Å². The van der Waals surface area contributed by atoms with Crippen molar-refractivity contribution in [2.24, 2.45) is 17.8 Å². The van der Waals surface area contributed by atoms with Gasteiger partial charge in [-0.1, -0.05) is 0 Å². The minimum atomic E-state index is -0.424. The van der Waals surface area contributed by atoms with E-state index in [9.17, 15) is 4.79 Å². The van der Waals surface area contributed by atoms with Gasteiger partial charge < -0.3 is 9.64 Å². The van der Waals surface area contributed by atoms with E-state index in [0.717, 1.165) is 0 Å². The molecule has 0 aromatic carbocycles. The molecule has 92 valence electrons. The molecule has 17 heavy (non-hydrogen) atoms. The van der Waals surface area contributed by atoms with Gasteiger partial charge in [-0.2, -0.15) is 5.26 Å². The van der Waals surface area contributed by atoms with Crippen molar-refractivity contribution in [1.82, 2.24) is 4.90 Å². The first-order chi connectivity index (χ1) is 8.29. The maximum absolute atomic E-state index is 12.5. The molecule has 1 saturated heterocycles. The molecule has 0 radical (unpaired) electrons. The van der Waals surface area contributed by atoms with Gasteiger partial charge in [-0.15, -0.1) is 0 Å². The van der Waals surface area contributed by atoms with Crippen LogP contribution in [-0.4, -0.2) is 36.6 Å². The molecule has 0 aromatic heterocycles. The molecule has 2 aliphatic carbocycles. The molecule has 4 nitrogen and oxygen atoms in total. The minimum Gasteiger partial charge on any atom is -0.360 e. The fourth-order valence-corrected chi connectivity index (χ4v) is 2.84. The summed E-state index contributed by atoms with van der Waals surface area (Å²) in [6.45, 7) is 1.63. The summed E-state index contributed by atoms with van der Waals surface area (Å²) in [5.41, 5.74) is 0. The zero-order chi connectivity index (χ0) is 11.8. The van der Waals surface area contributed by atoms with Crippen molar-refractivity contribution in [3.63, 3.8) is 0 Å². The highest BCUT2D eigenvalue weighted by molar-refractivity contribution is 5.80. The van der Waals surface area contributed by atoms with Crippen molar-refractivity contribution in [3.8, 4) is 6.07 Å². The second-order valence-electron chi connectivity index (χ2n) is 5.47. The van der Waals surface area contributed by atoms with E-state index >= 15 is 0 Å². The van der Waals surface area contributed by atoms with Gasteiger partial charge in [0.25, 0.3) is 0 Å². The number of carbonyl (C=O) groups excluding carboxylic acids is 1. The Hall–Kier alpha value is -1.08. The van der Waals surface area contributed by atoms with Crippen LogP contribution in [0.25, 0.3) is 0 Å². The summed E-state index contributed by atoms with van der Waals surface area (Å²) in [4.78, 5) is 14.3. The van der Waals surface area contributed by atoms with E-state index in [-0.39, 0.29) is 5.92 Å². The lowest BCUT2D eigenvalue weighted by Crippen LogP contribution is -2.48. The second kappa shape index (κ2) is 4.30. The second-order valence-corrected chi connectivity index (χ2v) is 5.47. The molecule has 0 aromatic rings. The van der Waals surface area contributed by atoms with Crippen LogP contribution in [-0.2, 0) is 9.53 Å². The highest BCUT2D eigenvalue weighted by atomic mass is 16.5. The average Bonchev–Trinajstić information content (AvgIpc) is 3.23.